The first-order valence-corrected chi connectivity index (χ1v) is 30.3. The molecule has 2 fully saturated rings. The smallest absolute Gasteiger partial charge is 0.408 e. The van der Waals surface area contributed by atoms with Gasteiger partial charge in [-0.25, -0.2) is 14.6 Å². The van der Waals surface area contributed by atoms with E-state index in [2.05, 4.69) is 48.8 Å². The van der Waals surface area contributed by atoms with Crippen molar-refractivity contribution in [2.24, 2.45) is 7.05 Å². The van der Waals surface area contributed by atoms with Crippen LogP contribution >= 0.6 is 22.6 Å². The Kier molecular flexibility index (Phi) is 19.4. The zero-order chi connectivity index (χ0) is 61.1. The first-order valence-electron chi connectivity index (χ1n) is 29.2. The number of alkyl carbamates (subject to hydrolysis) is 2. The Morgan fingerprint density at radius 3 is 1.29 bits per heavy atom. The largest absolute Gasteiger partial charge is 0.446 e. The molecule has 2 saturated carbocycles. The molecule has 2 aliphatic carbocycles. The lowest BCUT2D eigenvalue weighted by atomic mass is 9.83. The topological polar surface area (TPSA) is 197 Å². The van der Waals surface area contributed by atoms with E-state index in [1.54, 1.807) is 33.8 Å². The van der Waals surface area contributed by atoms with Crippen LogP contribution in [0.2, 0.25) is 0 Å². The van der Waals surface area contributed by atoms with Crippen molar-refractivity contribution in [1.29, 1.82) is 0 Å². The number of nitrogens with one attached hydrogen (secondary N) is 4. The third-order valence-electron chi connectivity index (χ3n) is 15.2. The molecule has 3 aromatic heterocycles. The Hall–Kier alpha value is -9.36. The summed E-state index contributed by atoms with van der Waals surface area (Å²) >= 11 is 2.21. The molecule has 4 atom stereocenters. The van der Waals surface area contributed by atoms with Crippen LogP contribution in [0.15, 0.2) is 216 Å². The number of halogens is 1. The normalized spacial score (nSPS) is 14.1. The molecule has 3 heterocycles. The molecule has 2 aliphatic rings. The summed E-state index contributed by atoms with van der Waals surface area (Å²) in [6.45, 7) is 7.87. The van der Waals surface area contributed by atoms with Gasteiger partial charge in [0.2, 0.25) is 11.8 Å². The second-order valence-electron chi connectivity index (χ2n) is 22.4. The van der Waals surface area contributed by atoms with Gasteiger partial charge in [0.05, 0.1) is 18.2 Å². The van der Waals surface area contributed by atoms with E-state index < -0.39 is 36.1 Å². The number of hydrogen-bond donors (Lipinski definition) is 4. The van der Waals surface area contributed by atoms with E-state index in [4.69, 9.17) is 9.47 Å². The Bertz CT molecular complexity index is 3990. The molecule has 4 amide bonds. The summed E-state index contributed by atoms with van der Waals surface area (Å²) in [5, 5.41) is 11.8. The molecule has 17 heteroatoms. The Morgan fingerprint density at radius 1 is 0.494 bits per heavy atom. The average molecular weight is 1280 g/mol. The van der Waals surface area contributed by atoms with Gasteiger partial charge in [-0.05, 0) is 175 Å². The van der Waals surface area contributed by atoms with Crippen LogP contribution in [0, 0.1) is 3.57 Å². The molecule has 0 radical (unpaired) electrons. The summed E-state index contributed by atoms with van der Waals surface area (Å²) in [5.41, 5.74) is 9.93. The monoisotopic (exact) mass is 1280 g/mol. The first-order chi connectivity index (χ1) is 42.0. The molecular formula is C70H69IN8O8. The van der Waals surface area contributed by atoms with Gasteiger partial charge < -0.3 is 44.4 Å². The van der Waals surface area contributed by atoms with Gasteiger partial charge in [-0.1, -0.05) is 121 Å². The minimum atomic E-state index is -1.01. The zero-order valence-electron chi connectivity index (χ0n) is 49.0. The molecule has 4 unspecified atom stereocenters. The van der Waals surface area contributed by atoms with Gasteiger partial charge in [-0.15, -0.1) is 0 Å². The van der Waals surface area contributed by atoms with Gasteiger partial charge in [0.25, 0.3) is 11.1 Å². The van der Waals surface area contributed by atoms with Crippen molar-refractivity contribution in [3.63, 3.8) is 0 Å². The number of ether oxygens (including phenoxy) is 2. The van der Waals surface area contributed by atoms with Crippen LogP contribution in [0.5, 0.6) is 0 Å². The van der Waals surface area contributed by atoms with Crippen molar-refractivity contribution in [1.82, 2.24) is 29.3 Å². The lowest BCUT2D eigenvalue weighted by molar-refractivity contribution is -0.119. The fraction of sp³-hybridized carbons (Fsp3) is 0.243. The molecular weight excluding hydrogens is 1210 g/mol. The van der Waals surface area contributed by atoms with E-state index in [0.717, 1.165) is 85.0 Å². The fourth-order valence-corrected chi connectivity index (χ4v) is 10.7. The number of aromatic nitrogens is 4. The summed E-state index contributed by atoms with van der Waals surface area (Å²) in [6, 6.07) is 54.9. The maximum Gasteiger partial charge on any atom is 0.408 e. The van der Waals surface area contributed by atoms with Gasteiger partial charge in [0.15, 0.2) is 0 Å². The predicted octanol–water partition coefficient (Wildman–Crippen LogP) is 13.3. The fourth-order valence-electron chi connectivity index (χ4n) is 10.4. The van der Waals surface area contributed by atoms with Crippen LogP contribution in [0.3, 0.4) is 0 Å². The molecule has 11 rings (SSSR count). The quantitative estimate of drug-likeness (QED) is 0.0569. The number of anilines is 2. The number of benzene rings is 6. The molecule has 0 bridgehead atoms. The van der Waals surface area contributed by atoms with Crippen LogP contribution in [0.25, 0.3) is 33.5 Å². The Balaban J connectivity index is 0.000000194. The van der Waals surface area contributed by atoms with Gasteiger partial charge >= 0.3 is 12.2 Å². The third kappa shape index (κ3) is 15.8. The van der Waals surface area contributed by atoms with Crippen molar-refractivity contribution in [3.05, 3.63) is 253 Å². The lowest BCUT2D eigenvalue weighted by Gasteiger charge is -2.28. The van der Waals surface area contributed by atoms with E-state index >= 15 is 0 Å². The van der Waals surface area contributed by atoms with Crippen molar-refractivity contribution in [3.8, 4) is 33.5 Å². The minimum absolute atomic E-state index is 0.000605. The van der Waals surface area contributed by atoms with Crippen molar-refractivity contribution >= 4 is 58.0 Å². The molecule has 0 aliphatic heterocycles. The summed E-state index contributed by atoms with van der Waals surface area (Å²) < 4.78 is 17.4. The highest BCUT2D eigenvalue weighted by molar-refractivity contribution is 14.1. The highest BCUT2D eigenvalue weighted by Gasteiger charge is 2.37. The molecule has 0 saturated heterocycles. The van der Waals surface area contributed by atoms with E-state index in [-0.39, 0.29) is 47.2 Å². The number of imidazole rings is 1. The number of hydrogen-bond acceptors (Lipinski definition) is 9. The second-order valence-corrected chi connectivity index (χ2v) is 23.7. The van der Waals surface area contributed by atoms with Crippen LogP contribution in [0.1, 0.15) is 99.6 Å². The van der Waals surface area contributed by atoms with Gasteiger partial charge in [-0.3, -0.25) is 19.2 Å². The van der Waals surface area contributed by atoms with Crippen LogP contribution in [-0.2, 0) is 26.1 Å². The van der Waals surface area contributed by atoms with Crippen LogP contribution in [-0.4, -0.2) is 67.0 Å². The molecule has 444 valence electrons. The summed E-state index contributed by atoms with van der Waals surface area (Å²) in [5.74, 6) is -1.82. The van der Waals surface area contributed by atoms with E-state index in [1.807, 2.05) is 222 Å². The molecule has 16 nitrogen and oxygen atoms in total. The first kappa shape index (κ1) is 60.8. The van der Waals surface area contributed by atoms with Gasteiger partial charge in [0.1, 0.15) is 24.3 Å². The number of amides is 4. The average Bonchev–Trinajstić information content (AvgIpc) is 3.80. The third-order valence-corrected chi connectivity index (χ3v) is 15.9. The van der Waals surface area contributed by atoms with Crippen LogP contribution in [0.4, 0.5) is 21.0 Å². The SMILES string of the molecule is CC(C)n1cc(-c2cccc(C(c3ccccc3)C(NC(=O)OC3CC3)C(=O)Nc3ccc(-c4cncn4C)cc3)c2)ccc1=O.CC(C)n1cc(-c2cccc(C(c3ccccc3)C(NC(=O)OC3CC3)C(=O)Nc3ccc(I)cc3)c2)ccc1=O. The van der Waals surface area contributed by atoms with Crippen LogP contribution < -0.4 is 32.4 Å². The maximum atomic E-state index is 14.2. The van der Waals surface area contributed by atoms with E-state index in [0.29, 0.717) is 11.4 Å². The van der Waals surface area contributed by atoms with Gasteiger partial charge in [-0.2, -0.15) is 0 Å². The number of nitrogens with zero attached hydrogens (tertiary/aromatic N) is 4. The zero-order valence-corrected chi connectivity index (χ0v) is 51.2. The summed E-state index contributed by atoms with van der Waals surface area (Å²) in [4.78, 5) is 83.2. The summed E-state index contributed by atoms with van der Waals surface area (Å²) in [6.07, 6.45) is 9.05. The molecule has 4 N–H and O–H groups in total. The Morgan fingerprint density at radius 2 is 0.897 bits per heavy atom. The van der Waals surface area contributed by atoms with Crippen molar-refractivity contribution < 1.29 is 28.7 Å². The minimum Gasteiger partial charge on any atom is -0.446 e. The standard InChI is InChI=1S/C37H37N5O4.C33H32IN3O4/c1-24(2)42-22-29(14-19-33(42)43)27-10-7-11-28(20-27)34(26-8-5-4-6-9-26)35(40-37(45)46-31-17-18-31)36(44)39-30-15-12-25(13-16-30)32-21-38-23-41(32)3;1-21(2)37-20-25(11-18-29(37)38)23-9-6-10-24(19-23)30(22-7-4-3-5-8-22)31(36-33(40)41-28-16-17-28)32(39)35-27-14-12-26(34)13-15-27/h4-16,19-24,31,34-35H,17-18H2,1-3H3,(H,39,44)(H,40,45);3-15,18-21,28,30-31H,16-17H2,1-2H3,(H,35,39)(H,36,40). The molecule has 87 heavy (non-hydrogen) atoms. The van der Waals surface area contributed by atoms with Crippen molar-refractivity contribution in [2.75, 3.05) is 10.6 Å². The van der Waals surface area contributed by atoms with E-state index in [1.165, 1.54) is 0 Å². The number of pyridine rings is 2. The maximum absolute atomic E-state index is 14.2. The highest BCUT2D eigenvalue weighted by Crippen LogP contribution is 2.36. The second kappa shape index (κ2) is 27.8. The molecule has 9 aromatic rings. The molecule has 0 spiro atoms. The predicted molar refractivity (Wildman–Crippen MR) is 348 cm³/mol. The molecule has 6 aromatic carbocycles. The number of carbonyl (C=O) groups excluding carboxylic acids is 4. The summed E-state index contributed by atoms with van der Waals surface area (Å²) in [7, 11) is 1.93. The van der Waals surface area contributed by atoms with E-state index in [9.17, 15) is 28.8 Å². The highest BCUT2D eigenvalue weighted by atomic mass is 127. The lowest BCUT2D eigenvalue weighted by Crippen LogP contribution is -2.48. The number of carbonyl (C=O) groups is 4. The number of aryl methyl sites for hydroxylation is 1. The van der Waals surface area contributed by atoms with Gasteiger partial charge in [0, 0.05) is 70.4 Å². The van der Waals surface area contributed by atoms with Crippen molar-refractivity contribution in [2.45, 2.75) is 102 Å². The number of rotatable bonds is 19. The Labute approximate surface area is 519 Å².